The monoisotopic (exact) mass is 338 g/mol. The Morgan fingerprint density at radius 3 is 0.375 bits per heavy atom. The Morgan fingerprint density at radius 1 is 0.375 bits per heavy atom. The molecule has 62 valence electrons. The maximum Gasteiger partial charge on any atom is 0 e. The van der Waals surface area contributed by atoms with Crippen molar-refractivity contribution < 1.29 is 87.0 Å². The van der Waals surface area contributed by atoms with Gasteiger partial charge in [-0.25, -0.2) is 0 Å². The zero-order chi connectivity index (χ0) is 0. The molecule has 0 aromatic rings. The van der Waals surface area contributed by atoms with Crippen molar-refractivity contribution in [2.24, 2.45) is 0 Å². The van der Waals surface area contributed by atoms with E-state index in [1.54, 1.807) is 0 Å². The summed E-state index contributed by atoms with van der Waals surface area (Å²) in [7, 11) is 0. The van der Waals surface area contributed by atoms with E-state index in [1.165, 1.54) is 0 Å². The van der Waals surface area contributed by atoms with Crippen molar-refractivity contribution in [1.82, 2.24) is 0 Å². The standard InChI is InChI=1S/Ar.6FH.W/h;6*1H;/p-6. The van der Waals surface area contributed by atoms with Gasteiger partial charge >= 0.3 is 0 Å². The first-order valence-electron chi connectivity index (χ1n) is 0. The topological polar surface area (TPSA) is 0 Å². The van der Waals surface area contributed by atoms with E-state index in [9.17, 15) is 0 Å². The molecule has 0 amide bonds. The van der Waals surface area contributed by atoms with Gasteiger partial charge in [-0.3, -0.25) is 0 Å². The van der Waals surface area contributed by atoms with E-state index in [2.05, 4.69) is 0 Å². The van der Waals surface area contributed by atoms with E-state index >= 15 is 0 Å². The van der Waals surface area contributed by atoms with Crippen LogP contribution in [0.3, 0.4) is 0 Å². The Balaban J connectivity index is 0. The van der Waals surface area contributed by atoms with Gasteiger partial charge in [0, 0.05) is 58.8 Å². The molecule has 0 heterocycles. The fourth-order valence-electron chi connectivity index (χ4n) is 0. The molecule has 0 aliphatic carbocycles. The molecule has 0 bridgehead atoms. The fourth-order valence-corrected chi connectivity index (χ4v) is 0. The number of rotatable bonds is 0. The average Bonchev–Trinajstić information content (AvgIpc) is 0. The summed E-state index contributed by atoms with van der Waals surface area (Å²) in [6, 6.07) is 0. The van der Waals surface area contributed by atoms with Crippen LogP contribution in [-0.4, -0.2) is 0 Å². The Hall–Kier alpha value is 1.53. The second-order valence-corrected chi connectivity index (χ2v) is 0. The van der Waals surface area contributed by atoms with Crippen LogP contribution < -0.4 is 28.2 Å². The zero-order valence-electron chi connectivity index (χ0n) is 3.03. The third kappa shape index (κ3) is 137. The molecule has 0 unspecified atom stereocenters. The van der Waals surface area contributed by atoms with Crippen molar-refractivity contribution in [3.63, 3.8) is 0 Å². The fraction of sp³-hybridized carbons (Fsp3) is 0. The molecule has 0 saturated carbocycles. The van der Waals surface area contributed by atoms with Gasteiger partial charge in [0.25, 0.3) is 0 Å². The molecule has 0 aromatic carbocycles. The first-order chi connectivity index (χ1) is 0. The smallest absolute Gasteiger partial charge is 0 e. The molecule has 0 nitrogen and oxygen atoms in total. The minimum atomic E-state index is 0. The van der Waals surface area contributed by atoms with Gasteiger partial charge in [-0.2, -0.15) is 0 Å². The zero-order valence-corrected chi connectivity index (χ0v) is 6.67. The normalized spacial score (nSPS) is 0. The summed E-state index contributed by atoms with van der Waals surface area (Å²) in [5, 5.41) is 0. The minimum absolute atomic E-state index is 0. The molecule has 0 rings (SSSR count). The quantitative estimate of drug-likeness (QED) is 0.385. The number of hydrogen-bond acceptors (Lipinski definition) is 0. The van der Waals surface area contributed by atoms with Gasteiger partial charge < -0.3 is 28.2 Å². The second kappa shape index (κ2) is 207. The van der Waals surface area contributed by atoms with Crippen LogP contribution in [0.4, 0.5) is 0 Å². The van der Waals surface area contributed by atoms with Crippen molar-refractivity contribution in [2.75, 3.05) is 0 Å². The summed E-state index contributed by atoms with van der Waals surface area (Å²) < 4.78 is 0. The molecule has 0 saturated heterocycles. The van der Waals surface area contributed by atoms with E-state index in [1.807, 2.05) is 0 Å². The van der Waals surface area contributed by atoms with Gasteiger partial charge in [0.1, 0.15) is 0 Å². The van der Waals surface area contributed by atoms with Crippen molar-refractivity contribution in [2.45, 2.75) is 0 Å². The molecular weight excluding hydrogens is 338 g/mol. The SMILES string of the molecule is [Ar].[F-].[F-].[F-].[F-].[F-].[F-].[W]. The van der Waals surface area contributed by atoms with Crippen LogP contribution in [0.25, 0.3) is 0 Å². The third-order valence-corrected chi connectivity index (χ3v) is 0. The van der Waals surface area contributed by atoms with E-state index in [4.69, 9.17) is 0 Å². The maximum atomic E-state index is 0. The van der Waals surface area contributed by atoms with Gasteiger partial charge in [0.15, 0.2) is 0 Å². The molecule has 0 aliphatic rings. The summed E-state index contributed by atoms with van der Waals surface area (Å²) in [5.74, 6) is 0. The molecule has 0 aromatic heterocycles. The van der Waals surface area contributed by atoms with Crippen LogP contribution in [-0.2, 0) is 21.1 Å². The van der Waals surface area contributed by atoms with Gasteiger partial charge in [-0.15, -0.1) is 0 Å². The predicted molar refractivity (Wildman–Crippen MR) is 0 cm³/mol. The van der Waals surface area contributed by atoms with Gasteiger partial charge in [-0.05, 0) is 0 Å². The molecule has 0 spiro atoms. The molecule has 0 atom stereocenters. The number of hydrogen-bond donors (Lipinski definition) is 0. The number of halogens is 6. The van der Waals surface area contributed by atoms with Gasteiger partial charge in [0.05, 0.1) is 0 Å². The summed E-state index contributed by atoms with van der Waals surface area (Å²) in [6.07, 6.45) is 0. The summed E-state index contributed by atoms with van der Waals surface area (Å²) in [4.78, 5) is 0. The second-order valence-electron chi connectivity index (χ2n) is 0. The van der Waals surface area contributed by atoms with Gasteiger partial charge in [-0.1, -0.05) is 0 Å². The molecular formula is ArF6W-6. The molecule has 0 aliphatic heterocycles. The Morgan fingerprint density at radius 2 is 0.375 bits per heavy atom. The van der Waals surface area contributed by atoms with Crippen LogP contribution in [0, 0.1) is 37.7 Å². The van der Waals surface area contributed by atoms with Crippen molar-refractivity contribution in [3.8, 4) is 0 Å². The van der Waals surface area contributed by atoms with Crippen LogP contribution in [0.1, 0.15) is 0 Å². The van der Waals surface area contributed by atoms with Crippen molar-refractivity contribution >= 4 is 0 Å². The van der Waals surface area contributed by atoms with Crippen LogP contribution in [0.15, 0.2) is 0 Å². The minimum Gasteiger partial charge on any atom is -1.00 e. The Bertz CT molecular complexity index is 8.49. The van der Waals surface area contributed by atoms with E-state index in [0.717, 1.165) is 0 Å². The third-order valence-electron chi connectivity index (χ3n) is 0. The molecule has 0 fully saturated rings. The van der Waals surface area contributed by atoms with Crippen molar-refractivity contribution in [3.05, 3.63) is 0 Å². The van der Waals surface area contributed by atoms with E-state index in [0.29, 0.717) is 0 Å². The predicted octanol–water partition coefficient (Wildman–Crippen LogP) is -18.0. The maximum absolute atomic E-state index is 0. The molecule has 0 radical (unpaired) electrons. The van der Waals surface area contributed by atoms with Crippen LogP contribution in [0.2, 0.25) is 0 Å². The van der Waals surface area contributed by atoms with Crippen LogP contribution >= 0.6 is 0 Å². The van der Waals surface area contributed by atoms with Crippen molar-refractivity contribution in [1.29, 1.82) is 0 Å². The van der Waals surface area contributed by atoms with E-state index < -0.39 is 0 Å². The Labute approximate surface area is 86.2 Å². The Kier molecular flexibility index (Phi) is 7680. The van der Waals surface area contributed by atoms with Crippen LogP contribution in [0.5, 0.6) is 0 Å². The first-order valence-corrected chi connectivity index (χ1v) is 0. The largest absolute Gasteiger partial charge is 1.00 e. The first kappa shape index (κ1) is 297. The van der Waals surface area contributed by atoms with Gasteiger partial charge in [0.2, 0.25) is 0 Å². The molecule has 8 heteroatoms. The average molecular weight is 338 g/mol. The van der Waals surface area contributed by atoms with E-state index in [-0.39, 0.29) is 87.0 Å². The summed E-state index contributed by atoms with van der Waals surface area (Å²) in [5.41, 5.74) is 0. The summed E-state index contributed by atoms with van der Waals surface area (Å²) >= 11 is 0. The molecule has 8 heavy (non-hydrogen) atoms. The summed E-state index contributed by atoms with van der Waals surface area (Å²) in [6.45, 7) is 0. The molecule has 0 N–H and O–H groups in total.